The number of alkyl halides is 1. The van der Waals surface area contributed by atoms with Gasteiger partial charge in [-0.25, -0.2) is 0 Å². The van der Waals surface area contributed by atoms with Crippen LogP contribution in [0.4, 0.5) is 11.4 Å². The van der Waals surface area contributed by atoms with Crippen molar-refractivity contribution in [2.45, 2.75) is 12.3 Å². The van der Waals surface area contributed by atoms with E-state index in [1.165, 1.54) is 32.2 Å². The first kappa shape index (κ1) is 13.2. The monoisotopic (exact) mass is 258 g/mol. The quantitative estimate of drug-likeness (QED) is 0.510. The summed E-state index contributed by atoms with van der Waals surface area (Å²) in [6.07, 6.45) is 0. The fourth-order valence-electron chi connectivity index (χ4n) is 1.13. The second-order valence-corrected chi connectivity index (χ2v) is 3.90. The van der Waals surface area contributed by atoms with Gasteiger partial charge in [0.1, 0.15) is 11.1 Å². The Kier molecular flexibility index (Phi) is 4.28. The Labute approximate surface area is 103 Å². The topological polar surface area (TPSA) is 81.5 Å². The number of hydrogen-bond acceptors (Lipinski definition) is 4. The number of benzene rings is 1. The lowest BCUT2D eigenvalue weighted by atomic mass is 10.2. The molecule has 0 aliphatic rings. The second-order valence-electron chi connectivity index (χ2n) is 3.25. The fourth-order valence-corrected chi connectivity index (χ4v) is 1.18. The van der Waals surface area contributed by atoms with E-state index >= 15 is 0 Å². The Balaban J connectivity index is 3.01. The van der Waals surface area contributed by atoms with Crippen LogP contribution < -0.4 is 10.1 Å². The summed E-state index contributed by atoms with van der Waals surface area (Å²) < 4.78 is 4.95. The van der Waals surface area contributed by atoms with Crippen LogP contribution in [0.25, 0.3) is 0 Å². The van der Waals surface area contributed by atoms with E-state index in [2.05, 4.69) is 5.32 Å². The fraction of sp³-hybridized carbons (Fsp3) is 0.300. The van der Waals surface area contributed by atoms with E-state index in [0.29, 0.717) is 5.69 Å². The van der Waals surface area contributed by atoms with Crippen molar-refractivity contribution in [3.8, 4) is 5.75 Å². The molecule has 1 amide bonds. The first-order chi connectivity index (χ1) is 7.95. The number of methoxy groups -OCH3 is 1. The van der Waals surface area contributed by atoms with Gasteiger partial charge in [-0.05, 0) is 13.0 Å². The number of ether oxygens (including phenoxy) is 1. The molecule has 0 aromatic heterocycles. The highest BCUT2D eigenvalue weighted by Crippen LogP contribution is 2.29. The average molecular weight is 259 g/mol. The highest BCUT2D eigenvalue weighted by Gasteiger charge is 2.15. The molecule has 0 radical (unpaired) electrons. The van der Waals surface area contributed by atoms with Crippen molar-refractivity contribution in [1.29, 1.82) is 0 Å². The molecule has 92 valence electrons. The summed E-state index contributed by atoms with van der Waals surface area (Å²) in [5, 5.41) is 12.4. The molecule has 0 saturated carbocycles. The molecule has 0 aliphatic carbocycles. The van der Waals surface area contributed by atoms with Gasteiger partial charge in [0.25, 0.3) is 5.69 Å². The Hall–Kier alpha value is -1.82. The lowest BCUT2D eigenvalue weighted by molar-refractivity contribution is -0.384. The van der Waals surface area contributed by atoms with Gasteiger partial charge in [0.15, 0.2) is 0 Å². The minimum atomic E-state index is -0.699. The van der Waals surface area contributed by atoms with E-state index in [-0.39, 0.29) is 11.4 Å². The third-order valence-electron chi connectivity index (χ3n) is 2.02. The van der Waals surface area contributed by atoms with Gasteiger partial charge in [-0.2, -0.15) is 0 Å². The number of non-ortho nitro benzene ring substituents is 1. The molecule has 17 heavy (non-hydrogen) atoms. The summed E-state index contributed by atoms with van der Waals surface area (Å²) in [6, 6.07) is 3.90. The number of carbonyl (C=O) groups excluding carboxylic acids is 1. The van der Waals surface area contributed by atoms with Gasteiger partial charge < -0.3 is 10.1 Å². The van der Waals surface area contributed by atoms with Crippen LogP contribution in [0, 0.1) is 10.1 Å². The van der Waals surface area contributed by atoms with Crippen LogP contribution in [-0.2, 0) is 4.79 Å². The van der Waals surface area contributed by atoms with Crippen LogP contribution in [0.3, 0.4) is 0 Å². The molecule has 7 heteroatoms. The number of amides is 1. The molecule has 1 aromatic carbocycles. The summed E-state index contributed by atoms with van der Waals surface area (Å²) in [4.78, 5) is 21.4. The van der Waals surface area contributed by atoms with E-state index in [1.54, 1.807) is 0 Å². The van der Waals surface area contributed by atoms with Gasteiger partial charge >= 0.3 is 0 Å². The summed E-state index contributed by atoms with van der Waals surface area (Å²) in [5.74, 6) is -0.191. The predicted molar refractivity (Wildman–Crippen MR) is 63.6 cm³/mol. The van der Waals surface area contributed by atoms with E-state index in [9.17, 15) is 14.9 Å². The Morgan fingerprint density at radius 3 is 2.71 bits per heavy atom. The van der Waals surface area contributed by atoms with Crippen molar-refractivity contribution in [3.63, 3.8) is 0 Å². The highest BCUT2D eigenvalue weighted by atomic mass is 35.5. The van der Waals surface area contributed by atoms with E-state index < -0.39 is 16.2 Å². The molecule has 6 nitrogen and oxygen atoms in total. The molecule has 0 bridgehead atoms. The maximum Gasteiger partial charge on any atom is 0.273 e. The number of nitrogens with one attached hydrogen (secondary N) is 1. The van der Waals surface area contributed by atoms with Gasteiger partial charge in [0.05, 0.1) is 23.8 Å². The number of carbonyl (C=O) groups is 1. The van der Waals surface area contributed by atoms with Crippen LogP contribution in [-0.4, -0.2) is 23.3 Å². The maximum atomic E-state index is 11.4. The van der Waals surface area contributed by atoms with Crippen LogP contribution in [0.1, 0.15) is 6.92 Å². The zero-order chi connectivity index (χ0) is 13.0. The van der Waals surface area contributed by atoms with Crippen molar-refractivity contribution < 1.29 is 14.5 Å². The van der Waals surface area contributed by atoms with Crippen LogP contribution in [0.15, 0.2) is 18.2 Å². The molecule has 1 aromatic rings. The zero-order valence-electron chi connectivity index (χ0n) is 9.27. The lowest BCUT2D eigenvalue weighted by Crippen LogP contribution is -2.20. The molecule has 0 unspecified atom stereocenters. The number of nitrogens with zero attached hydrogens (tertiary/aromatic N) is 1. The van der Waals surface area contributed by atoms with E-state index in [4.69, 9.17) is 16.3 Å². The molecular weight excluding hydrogens is 248 g/mol. The first-order valence-corrected chi connectivity index (χ1v) is 5.16. The molecule has 1 atom stereocenters. The van der Waals surface area contributed by atoms with Crippen molar-refractivity contribution >= 4 is 28.9 Å². The highest BCUT2D eigenvalue weighted by molar-refractivity contribution is 6.32. The minimum absolute atomic E-state index is 0.112. The first-order valence-electron chi connectivity index (χ1n) is 4.73. The third kappa shape index (κ3) is 3.32. The number of nitro groups is 1. The SMILES string of the molecule is COc1cc([N+](=O)[O-])ccc1NC(=O)[C@H](C)Cl. The minimum Gasteiger partial charge on any atom is -0.494 e. The van der Waals surface area contributed by atoms with E-state index in [1.807, 2.05) is 0 Å². The van der Waals surface area contributed by atoms with Gasteiger partial charge in [-0.3, -0.25) is 14.9 Å². The molecule has 0 fully saturated rings. The molecule has 0 spiro atoms. The van der Waals surface area contributed by atoms with Crippen molar-refractivity contribution in [2.75, 3.05) is 12.4 Å². The largest absolute Gasteiger partial charge is 0.494 e. The molecule has 1 N–H and O–H groups in total. The van der Waals surface area contributed by atoms with Gasteiger partial charge in [0.2, 0.25) is 5.91 Å². The van der Waals surface area contributed by atoms with Crippen molar-refractivity contribution in [1.82, 2.24) is 0 Å². The summed E-state index contributed by atoms with van der Waals surface area (Å²) in [5.41, 5.74) is 0.231. The van der Waals surface area contributed by atoms with Crippen LogP contribution >= 0.6 is 11.6 Å². The summed E-state index contributed by atoms with van der Waals surface area (Å²) >= 11 is 5.59. The summed E-state index contributed by atoms with van der Waals surface area (Å²) in [6.45, 7) is 1.52. The number of nitro benzene ring substituents is 1. The predicted octanol–water partition coefficient (Wildman–Crippen LogP) is 2.17. The van der Waals surface area contributed by atoms with Crippen molar-refractivity contribution in [2.24, 2.45) is 0 Å². The molecule has 0 aliphatic heterocycles. The lowest BCUT2D eigenvalue weighted by Gasteiger charge is -2.10. The molecule has 1 rings (SSSR count). The van der Waals surface area contributed by atoms with Crippen LogP contribution in [0.2, 0.25) is 0 Å². The average Bonchev–Trinajstić information content (AvgIpc) is 2.28. The number of hydrogen-bond donors (Lipinski definition) is 1. The Morgan fingerprint density at radius 2 is 2.24 bits per heavy atom. The number of halogens is 1. The normalized spacial score (nSPS) is 11.7. The second kappa shape index (κ2) is 5.49. The van der Waals surface area contributed by atoms with Crippen molar-refractivity contribution in [3.05, 3.63) is 28.3 Å². The van der Waals surface area contributed by atoms with Gasteiger partial charge in [-0.15, -0.1) is 11.6 Å². The van der Waals surface area contributed by atoms with Crippen LogP contribution in [0.5, 0.6) is 5.75 Å². The Morgan fingerprint density at radius 1 is 1.59 bits per heavy atom. The third-order valence-corrected chi connectivity index (χ3v) is 2.21. The number of rotatable bonds is 4. The molecule has 0 heterocycles. The molecule has 0 saturated heterocycles. The maximum absolute atomic E-state index is 11.4. The Bertz CT molecular complexity index is 448. The smallest absolute Gasteiger partial charge is 0.273 e. The van der Waals surface area contributed by atoms with E-state index in [0.717, 1.165) is 0 Å². The standard InChI is InChI=1S/C10H11ClN2O4/c1-6(11)10(14)12-8-4-3-7(13(15)16)5-9(8)17-2/h3-6H,1-2H3,(H,12,14)/t6-/m0/s1. The van der Waals surface area contributed by atoms with Gasteiger partial charge in [-0.1, -0.05) is 0 Å². The number of anilines is 1. The van der Waals surface area contributed by atoms with Gasteiger partial charge in [0, 0.05) is 6.07 Å². The molecular formula is C10H11ClN2O4. The zero-order valence-corrected chi connectivity index (χ0v) is 10.0. The summed E-state index contributed by atoms with van der Waals surface area (Å²) in [7, 11) is 1.36.